The topological polar surface area (TPSA) is 125 Å². The molecular weight excluding hydrogens is 264 g/mol. The molecule has 0 fully saturated rings. The van der Waals surface area contributed by atoms with Crippen molar-refractivity contribution in [3.8, 4) is 0 Å². The largest absolute Gasteiger partial charge is 0.395 e. The molecule has 0 radical (unpaired) electrons. The van der Waals surface area contributed by atoms with Gasteiger partial charge in [-0.3, -0.25) is 14.3 Å². The molecule has 0 amide bonds. The summed E-state index contributed by atoms with van der Waals surface area (Å²) >= 11 is 0. The zero-order chi connectivity index (χ0) is 15.3. The van der Waals surface area contributed by atoms with Gasteiger partial charge in [-0.1, -0.05) is 13.8 Å². The molecule has 1 heterocycles. The first-order valence-corrected chi connectivity index (χ1v) is 6.51. The smallest absolute Gasteiger partial charge is 0.330 e. The predicted octanol–water partition coefficient (Wildman–Crippen LogP) is -1.43. The normalized spacial score (nSPS) is 11.1. The van der Waals surface area contributed by atoms with Crippen LogP contribution in [0.2, 0.25) is 0 Å². The molecule has 0 bridgehead atoms. The zero-order valence-electron chi connectivity index (χ0n) is 11.8. The first-order chi connectivity index (χ1) is 9.42. The minimum absolute atomic E-state index is 0.0503. The molecule has 0 aliphatic rings. The molecule has 8 nitrogen and oxygen atoms in total. The SMILES string of the molecule is CC(C)Cn1c(N)c(N(CCO)CCO)c(=O)[nH]c1=O. The van der Waals surface area contributed by atoms with Crippen molar-refractivity contribution in [3.63, 3.8) is 0 Å². The summed E-state index contributed by atoms with van der Waals surface area (Å²) in [4.78, 5) is 27.4. The Morgan fingerprint density at radius 3 is 2.25 bits per heavy atom. The number of nitrogens with two attached hydrogens (primary N) is 1. The van der Waals surface area contributed by atoms with E-state index in [-0.39, 0.29) is 43.7 Å². The summed E-state index contributed by atoms with van der Waals surface area (Å²) in [5.74, 6) is 0.229. The van der Waals surface area contributed by atoms with Crippen molar-refractivity contribution < 1.29 is 10.2 Å². The Hall–Kier alpha value is -1.80. The fourth-order valence-corrected chi connectivity index (χ4v) is 2.01. The fraction of sp³-hybridized carbons (Fsp3) is 0.667. The number of aromatic nitrogens is 2. The molecule has 1 aromatic heterocycles. The Balaban J connectivity index is 3.37. The molecule has 0 spiro atoms. The van der Waals surface area contributed by atoms with Crippen molar-refractivity contribution in [1.82, 2.24) is 9.55 Å². The van der Waals surface area contributed by atoms with E-state index in [0.29, 0.717) is 6.54 Å². The van der Waals surface area contributed by atoms with Gasteiger partial charge >= 0.3 is 5.69 Å². The number of H-pyrrole nitrogens is 1. The average Bonchev–Trinajstić information content (AvgIpc) is 2.34. The van der Waals surface area contributed by atoms with Crippen molar-refractivity contribution in [1.29, 1.82) is 0 Å². The minimum atomic E-state index is -0.616. The fourth-order valence-electron chi connectivity index (χ4n) is 2.01. The van der Waals surface area contributed by atoms with Gasteiger partial charge in [-0.2, -0.15) is 0 Å². The molecule has 0 saturated heterocycles. The summed E-state index contributed by atoms with van der Waals surface area (Å²) in [6.07, 6.45) is 0. The molecular formula is C12H22N4O4. The summed E-state index contributed by atoms with van der Waals surface area (Å²) in [6, 6.07) is 0. The van der Waals surface area contributed by atoms with Gasteiger partial charge in [-0.25, -0.2) is 4.79 Å². The van der Waals surface area contributed by atoms with Crippen LogP contribution in [0.5, 0.6) is 0 Å². The lowest BCUT2D eigenvalue weighted by Crippen LogP contribution is -2.41. The number of aromatic amines is 1. The molecule has 1 aromatic rings. The highest BCUT2D eigenvalue weighted by atomic mass is 16.3. The van der Waals surface area contributed by atoms with Crippen LogP contribution in [0.1, 0.15) is 13.8 Å². The van der Waals surface area contributed by atoms with Crippen molar-refractivity contribution in [2.45, 2.75) is 20.4 Å². The standard InChI is InChI=1S/C12H22N4O4/c1-8(2)7-16-10(13)9(11(19)14-12(16)20)15(3-5-17)4-6-18/h8,17-18H,3-7,13H2,1-2H3,(H,14,19,20). The first kappa shape index (κ1) is 16.3. The summed E-state index contributed by atoms with van der Waals surface area (Å²) < 4.78 is 1.29. The van der Waals surface area contributed by atoms with Gasteiger partial charge in [-0.15, -0.1) is 0 Å². The maximum absolute atomic E-state index is 11.9. The number of nitrogens with zero attached hydrogens (tertiary/aromatic N) is 2. The third-order valence-corrected chi connectivity index (χ3v) is 2.82. The van der Waals surface area contributed by atoms with Gasteiger partial charge in [0.1, 0.15) is 11.5 Å². The lowest BCUT2D eigenvalue weighted by atomic mass is 10.2. The van der Waals surface area contributed by atoms with E-state index in [9.17, 15) is 9.59 Å². The number of aliphatic hydroxyl groups excluding tert-OH is 2. The Morgan fingerprint density at radius 2 is 1.80 bits per heavy atom. The summed E-state index contributed by atoms with van der Waals surface area (Å²) in [5.41, 5.74) is 4.86. The molecule has 1 rings (SSSR count). The second-order valence-corrected chi connectivity index (χ2v) is 4.93. The van der Waals surface area contributed by atoms with Crippen LogP contribution in [-0.4, -0.2) is 46.1 Å². The van der Waals surface area contributed by atoms with Crippen LogP contribution < -0.4 is 21.9 Å². The number of nitrogen functional groups attached to an aromatic ring is 1. The van der Waals surface area contributed by atoms with Gasteiger partial charge < -0.3 is 20.8 Å². The van der Waals surface area contributed by atoms with Crippen LogP contribution in [0, 0.1) is 5.92 Å². The van der Waals surface area contributed by atoms with Crippen LogP contribution >= 0.6 is 0 Å². The number of aliphatic hydroxyl groups is 2. The van der Waals surface area contributed by atoms with Crippen LogP contribution in [0.3, 0.4) is 0 Å². The number of hydrogen-bond donors (Lipinski definition) is 4. The Kier molecular flexibility index (Phi) is 5.78. The summed E-state index contributed by atoms with van der Waals surface area (Å²) in [6.45, 7) is 4.14. The maximum atomic E-state index is 11.9. The van der Waals surface area contributed by atoms with Crippen molar-refractivity contribution in [2.75, 3.05) is 36.9 Å². The highest BCUT2D eigenvalue weighted by Gasteiger charge is 2.18. The molecule has 0 aliphatic carbocycles. The lowest BCUT2D eigenvalue weighted by molar-refractivity contribution is 0.281. The second-order valence-electron chi connectivity index (χ2n) is 4.93. The van der Waals surface area contributed by atoms with E-state index >= 15 is 0 Å². The summed E-state index contributed by atoms with van der Waals surface area (Å²) in [5, 5.41) is 18.1. The van der Waals surface area contributed by atoms with E-state index in [1.807, 2.05) is 13.8 Å². The molecule has 0 saturated carbocycles. The molecule has 114 valence electrons. The van der Waals surface area contributed by atoms with E-state index in [4.69, 9.17) is 15.9 Å². The average molecular weight is 286 g/mol. The molecule has 0 aromatic carbocycles. The van der Waals surface area contributed by atoms with E-state index in [1.165, 1.54) is 9.47 Å². The molecule has 8 heteroatoms. The van der Waals surface area contributed by atoms with Crippen LogP contribution in [-0.2, 0) is 6.54 Å². The van der Waals surface area contributed by atoms with Crippen LogP contribution in [0.4, 0.5) is 11.5 Å². The number of hydrogen-bond acceptors (Lipinski definition) is 6. The van der Waals surface area contributed by atoms with Crippen molar-refractivity contribution in [2.24, 2.45) is 5.92 Å². The van der Waals surface area contributed by atoms with Gasteiger partial charge in [0.2, 0.25) is 0 Å². The number of rotatable bonds is 7. The zero-order valence-corrected chi connectivity index (χ0v) is 11.8. The van der Waals surface area contributed by atoms with Crippen LogP contribution in [0.15, 0.2) is 9.59 Å². The Morgan fingerprint density at radius 1 is 1.25 bits per heavy atom. The Bertz CT molecular complexity index is 543. The van der Waals surface area contributed by atoms with E-state index in [1.54, 1.807) is 0 Å². The van der Waals surface area contributed by atoms with Gasteiger partial charge in [-0.05, 0) is 5.92 Å². The summed E-state index contributed by atoms with van der Waals surface area (Å²) in [7, 11) is 0. The van der Waals surface area contributed by atoms with E-state index in [0.717, 1.165) is 0 Å². The number of nitrogens with one attached hydrogen (secondary N) is 1. The lowest BCUT2D eigenvalue weighted by Gasteiger charge is -2.25. The third kappa shape index (κ3) is 3.61. The molecule has 0 atom stereocenters. The van der Waals surface area contributed by atoms with Gasteiger partial charge in [0, 0.05) is 19.6 Å². The highest BCUT2D eigenvalue weighted by Crippen LogP contribution is 2.16. The molecule has 0 aliphatic heterocycles. The van der Waals surface area contributed by atoms with Gasteiger partial charge in [0.25, 0.3) is 5.56 Å². The first-order valence-electron chi connectivity index (χ1n) is 6.51. The maximum Gasteiger partial charge on any atom is 0.330 e. The highest BCUT2D eigenvalue weighted by molar-refractivity contribution is 5.62. The second kappa shape index (κ2) is 7.11. The molecule has 0 unspecified atom stereocenters. The number of anilines is 2. The van der Waals surface area contributed by atoms with Gasteiger partial charge in [0.05, 0.1) is 13.2 Å². The Labute approximate surface area is 116 Å². The van der Waals surface area contributed by atoms with E-state index < -0.39 is 11.2 Å². The molecule has 20 heavy (non-hydrogen) atoms. The quantitative estimate of drug-likeness (QED) is 0.487. The van der Waals surface area contributed by atoms with E-state index in [2.05, 4.69) is 4.98 Å². The van der Waals surface area contributed by atoms with Crippen LogP contribution in [0.25, 0.3) is 0 Å². The third-order valence-electron chi connectivity index (χ3n) is 2.82. The van der Waals surface area contributed by atoms with Gasteiger partial charge in [0.15, 0.2) is 0 Å². The minimum Gasteiger partial charge on any atom is -0.395 e. The predicted molar refractivity (Wildman–Crippen MR) is 77.0 cm³/mol. The monoisotopic (exact) mass is 286 g/mol. The van der Waals surface area contributed by atoms with Crippen molar-refractivity contribution in [3.05, 3.63) is 20.8 Å². The molecule has 5 N–H and O–H groups in total. The van der Waals surface area contributed by atoms with Crippen molar-refractivity contribution >= 4 is 11.5 Å².